The zero-order chi connectivity index (χ0) is 21.6. The average Bonchev–Trinajstić information content (AvgIpc) is 3.28. The van der Waals surface area contributed by atoms with Gasteiger partial charge in [-0.1, -0.05) is 11.8 Å². The molecule has 31 heavy (non-hydrogen) atoms. The maximum absolute atomic E-state index is 12.7. The molecule has 1 aromatic heterocycles. The Morgan fingerprint density at radius 1 is 1.03 bits per heavy atom. The fraction of sp³-hybridized carbons (Fsp3) is 0.364. The van der Waals surface area contributed by atoms with Crippen molar-refractivity contribution in [3.05, 3.63) is 48.5 Å². The molecule has 1 aliphatic heterocycles. The van der Waals surface area contributed by atoms with Crippen LogP contribution in [0.5, 0.6) is 5.75 Å². The van der Waals surface area contributed by atoms with Crippen LogP contribution < -0.4 is 15.0 Å². The van der Waals surface area contributed by atoms with E-state index in [0.717, 1.165) is 30.2 Å². The molecule has 9 heteroatoms. The van der Waals surface area contributed by atoms with E-state index in [-0.39, 0.29) is 11.2 Å². The number of nitrogens with one attached hydrogen (secondary N) is 1. The third-order valence-electron chi connectivity index (χ3n) is 5.27. The van der Waals surface area contributed by atoms with Gasteiger partial charge in [-0.3, -0.25) is 4.79 Å². The van der Waals surface area contributed by atoms with Crippen molar-refractivity contribution in [3.8, 4) is 11.4 Å². The highest BCUT2D eigenvalue weighted by molar-refractivity contribution is 8.00. The number of hydrogen-bond acceptors (Lipinski definition) is 7. The number of piperidine rings is 1. The summed E-state index contributed by atoms with van der Waals surface area (Å²) >= 11 is 1.31. The Morgan fingerprint density at radius 3 is 2.39 bits per heavy atom. The zero-order valence-electron chi connectivity index (χ0n) is 17.7. The van der Waals surface area contributed by atoms with Crippen molar-refractivity contribution in [2.45, 2.75) is 36.6 Å². The monoisotopic (exact) mass is 438 g/mol. The van der Waals surface area contributed by atoms with Gasteiger partial charge in [0, 0.05) is 24.5 Å². The smallest absolute Gasteiger partial charge is 0.237 e. The van der Waals surface area contributed by atoms with Crippen LogP contribution in [0.25, 0.3) is 5.69 Å². The van der Waals surface area contributed by atoms with Gasteiger partial charge in [0.1, 0.15) is 5.75 Å². The van der Waals surface area contributed by atoms with Gasteiger partial charge in [-0.15, -0.1) is 5.10 Å². The second kappa shape index (κ2) is 9.82. The summed E-state index contributed by atoms with van der Waals surface area (Å²) in [4.78, 5) is 15.1. The number of methoxy groups -OCH3 is 1. The van der Waals surface area contributed by atoms with Crippen molar-refractivity contribution in [2.24, 2.45) is 0 Å². The van der Waals surface area contributed by atoms with Crippen LogP contribution in [0.2, 0.25) is 0 Å². The summed E-state index contributed by atoms with van der Waals surface area (Å²) in [5.41, 5.74) is 2.79. The zero-order valence-corrected chi connectivity index (χ0v) is 18.5. The Morgan fingerprint density at radius 2 is 1.71 bits per heavy atom. The lowest BCUT2D eigenvalue weighted by Gasteiger charge is -2.28. The van der Waals surface area contributed by atoms with E-state index in [0.29, 0.717) is 5.16 Å². The number of nitrogens with zero attached hydrogens (tertiary/aromatic N) is 5. The molecule has 1 unspecified atom stereocenters. The highest BCUT2D eigenvalue weighted by atomic mass is 32.2. The van der Waals surface area contributed by atoms with E-state index >= 15 is 0 Å². The number of hydrogen-bond donors (Lipinski definition) is 1. The summed E-state index contributed by atoms with van der Waals surface area (Å²) in [5, 5.41) is 15.1. The predicted octanol–water partition coefficient (Wildman–Crippen LogP) is 3.78. The minimum absolute atomic E-state index is 0.0972. The lowest BCUT2D eigenvalue weighted by atomic mass is 10.1. The number of thioether (sulfide) groups is 1. The fourth-order valence-electron chi connectivity index (χ4n) is 3.50. The van der Waals surface area contributed by atoms with E-state index in [1.54, 1.807) is 11.8 Å². The molecule has 1 amide bonds. The van der Waals surface area contributed by atoms with Gasteiger partial charge in [0.2, 0.25) is 11.1 Å². The number of rotatable bonds is 7. The minimum Gasteiger partial charge on any atom is -0.497 e. The first-order valence-corrected chi connectivity index (χ1v) is 11.3. The quantitative estimate of drug-likeness (QED) is 0.562. The van der Waals surface area contributed by atoms with Crippen LogP contribution in [0.15, 0.2) is 53.7 Å². The van der Waals surface area contributed by atoms with Gasteiger partial charge in [-0.25, -0.2) is 0 Å². The average molecular weight is 439 g/mol. The highest BCUT2D eigenvalue weighted by Crippen LogP contribution is 2.26. The van der Waals surface area contributed by atoms with E-state index in [9.17, 15) is 4.79 Å². The van der Waals surface area contributed by atoms with Crippen molar-refractivity contribution in [2.75, 3.05) is 30.4 Å². The lowest BCUT2D eigenvalue weighted by molar-refractivity contribution is -0.115. The van der Waals surface area contributed by atoms with E-state index in [2.05, 4.69) is 37.9 Å². The molecular weight excluding hydrogens is 412 g/mol. The molecule has 1 fully saturated rings. The Balaban J connectivity index is 1.37. The number of aromatic nitrogens is 4. The molecule has 3 aromatic rings. The first-order valence-electron chi connectivity index (χ1n) is 10.4. The van der Waals surface area contributed by atoms with Crippen molar-refractivity contribution in [1.82, 2.24) is 20.2 Å². The van der Waals surface area contributed by atoms with Gasteiger partial charge in [-0.05, 0) is 85.1 Å². The molecule has 1 atom stereocenters. The molecule has 2 aromatic carbocycles. The number of anilines is 2. The summed E-state index contributed by atoms with van der Waals surface area (Å²) in [5.74, 6) is 0.657. The van der Waals surface area contributed by atoms with Crippen molar-refractivity contribution in [3.63, 3.8) is 0 Å². The van der Waals surface area contributed by atoms with Crippen LogP contribution >= 0.6 is 11.8 Å². The number of ether oxygens (including phenoxy) is 1. The third-order valence-corrected chi connectivity index (χ3v) is 6.30. The molecule has 0 radical (unpaired) electrons. The minimum atomic E-state index is -0.371. The number of benzene rings is 2. The molecule has 8 nitrogen and oxygen atoms in total. The molecular formula is C22H26N6O2S. The second-order valence-electron chi connectivity index (χ2n) is 7.42. The number of amides is 1. The summed E-state index contributed by atoms with van der Waals surface area (Å²) in [6.07, 6.45) is 3.79. The van der Waals surface area contributed by atoms with Crippen LogP contribution in [-0.4, -0.2) is 51.6 Å². The molecule has 0 saturated carbocycles. The van der Waals surface area contributed by atoms with Gasteiger partial charge in [0.05, 0.1) is 18.0 Å². The van der Waals surface area contributed by atoms with Crippen molar-refractivity contribution in [1.29, 1.82) is 0 Å². The van der Waals surface area contributed by atoms with E-state index in [1.807, 2.05) is 43.3 Å². The maximum Gasteiger partial charge on any atom is 0.237 e. The second-order valence-corrected chi connectivity index (χ2v) is 8.72. The lowest BCUT2D eigenvalue weighted by Crippen LogP contribution is -2.29. The molecule has 0 spiro atoms. The molecule has 1 saturated heterocycles. The normalized spacial score (nSPS) is 14.8. The molecule has 0 aliphatic carbocycles. The summed E-state index contributed by atoms with van der Waals surface area (Å²) in [7, 11) is 1.62. The molecule has 1 N–H and O–H groups in total. The van der Waals surface area contributed by atoms with E-state index in [1.165, 1.54) is 36.7 Å². The van der Waals surface area contributed by atoms with Crippen LogP contribution in [0, 0.1) is 0 Å². The van der Waals surface area contributed by atoms with Gasteiger partial charge in [0.15, 0.2) is 0 Å². The molecule has 0 bridgehead atoms. The molecule has 162 valence electrons. The van der Waals surface area contributed by atoms with Crippen molar-refractivity contribution < 1.29 is 9.53 Å². The first kappa shape index (κ1) is 21.2. The maximum atomic E-state index is 12.7. The summed E-state index contributed by atoms with van der Waals surface area (Å²) < 4.78 is 6.80. The third kappa shape index (κ3) is 5.16. The van der Waals surface area contributed by atoms with Gasteiger partial charge in [-0.2, -0.15) is 4.68 Å². The van der Waals surface area contributed by atoms with Gasteiger partial charge < -0.3 is 15.0 Å². The molecule has 1 aliphatic rings. The number of tetrazole rings is 1. The van der Waals surface area contributed by atoms with Gasteiger partial charge >= 0.3 is 0 Å². The summed E-state index contributed by atoms with van der Waals surface area (Å²) in [6, 6.07) is 15.5. The Bertz CT molecular complexity index is 1000. The highest BCUT2D eigenvalue weighted by Gasteiger charge is 2.20. The van der Waals surface area contributed by atoms with Crippen LogP contribution in [-0.2, 0) is 4.79 Å². The topological polar surface area (TPSA) is 85.2 Å². The van der Waals surface area contributed by atoms with Crippen LogP contribution in [0.1, 0.15) is 26.2 Å². The number of carbonyl (C=O) groups is 1. The van der Waals surface area contributed by atoms with E-state index in [4.69, 9.17) is 4.74 Å². The SMILES string of the molecule is COc1ccc(-n2nnnc2SC(C)C(=O)Nc2ccc(N3CCCCC3)cc2)cc1. The molecule has 4 rings (SSSR count). The Hall–Kier alpha value is -3.07. The Labute approximate surface area is 186 Å². The van der Waals surface area contributed by atoms with Crippen LogP contribution in [0.4, 0.5) is 11.4 Å². The largest absolute Gasteiger partial charge is 0.497 e. The fourth-order valence-corrected chi connectivity index (χ4v) is 4.31. The van der Waals surface area contributed by atoms with Crippen molar-refractivity contribution >= 4 is 29.0 Å². The molecule has 2 heterocycles. The van der Waals surface area contributed by atoms with Crippen LogP contribution in [0.3, 0.4) is 0 Å². The Kier molecular flexibility index (Phi) is 6.71. The predicted molar refractivity (Wildman–Crippen MR) is 122 cm³/mol. The summed E-state index contributed by atoms with van der Waals surface area (Å²) in [6.45, 7) is 4.04. The standard InChI is InChI=1S/C22H26N6O2S/c1-16(31-22-24-25-26-28(22)19-10-12-20(30-2)13-11-19)21(29)23-17-6-8-18(9-7-17)27-14-4-3-5-15-27/h6-13,16H,3-5,14-15H2,1-2H3,(H,23,29). The number of carbonyl (C=O) groups excluding carboxylic acids is 1. The first-order chi connectivity index (χ1) is 15.1. The van der Waals surface area contributed by atoms with E-state index < -0.39 is 0 Å². The van der Waals surface area contributed by atoms with Gasteiger partial charge in [0.25, 0.3) is 0 Å².